The fourth-order valence-corrected chi connectivity index (χ4v) is 1.21. The fourth-order valence-electron chi connectivity index (χ4n) is 0.969. The Morgan fingerprint density at radius 2 is 2.29 bits per heavy atom. The number of hydrogen-bond donors (Lipinski definition) is 1. The first kappa shape index (κ1) is 11.0. The Kier molecular flexibility index (Phi) is 3.49. The Hall–Kier alpha value is -1.07. The number of rotatable bonds is 3. The zero-order chi connectivity index (χ0) is 10.7. The van der Waals surface area contributed by atoms with E-state index in [1.165, 1.54) is 0 Å². The monoisotopic (exact) mass is 220 g/mol. The first-order valence-corrected chi connectivity index (χ1v) is 4.10. The van der Waals surface area contributed by atoms with Crippen molar-refractivity contribution in [3.05, 3.63) is 28.0 Å². The summed E-state index contributed by atoms with van der Waals surface area (Å²) in [6.07, 6.45) is -2.52. The van der Waals surface area contributed by atoms with Gasteiger partial charge in [-0.15, -0.1) is 0 Å². The Balaban J connectivity index is 3.32. The highest BCUT2D eigenvalue weighted by molar-refractivity contribution is 6.31. The Bertz CT molecular complexity index is 357. The zero-order valence-electron chi connectivity index (χ0n) is 7.01. The molecule has 0 unspecified atom stereocenters. The molecular formula is C8H7ClF2N2O. The van der Waals surface area contributed by atoms with E-state index in [2.05, 4.69) is 4.98 Å². The van der Waals surface area contributed by atoms with E-state index in [9.17, 15) is 13.6 Å². The van der Waals surface area contributed by atoms with E-state index < -0.39 is 12.1 Å². The Morgan fingerprint density at radius 3 is 2.71 bits per heavy atom. The van der Waals surface area contributed by atoms with E-state index in [1.807, 2.05) is 0 Å². The first-order chi connectivity index (χ1) is 6.60. The van der Waals surface area contributed by atoms with Gasteiger partial charge in [0.15, 0.2) is 6.29 Å². The average molecular weight is 221 g/mol. The third kappa shape index (κ3) is 2.05. The van der Waals surface area contributed by atoms with Gasteiger partial charge in [-0.2, -0.15) is 0 Å². The largest absolute Gasteiger partial charge is 0.325 e. The maximum Gasteiger partial charge on any atom is 0.281 e. The topological polar surface area (TPSA) is 56.0 Å². The van der Waals surface area contributed by atoms with Crippen molar-refractivity contribution in [2.24, 2.45) is 5.73 Å². The smallest absolute Gasteiger partial charge is 0.281 e. The van der Waals surface area contributed by atoms with Crippen LogP contribution in [0.25, 0.3) is 0 Å². The van der Waals surface area contributed by atoms with Crippen molar-refractivity contribution in [2.45, 2.75) is 13.0 Å². The van der Waals surface area contributed by atoms with Gasteiger partial charge in [0.2, 0.25) is 0 Å². The minimum absolute atomic E-state index is 0.0440. The quantitative estimate of drug-likeness (QED) is 0.792. The molecule has 0 radical (unpaired) electrons. The third-order valence-corrected chi connectivity index (χ3v) is 1.96. The molecule has 1 aromatic heterocycles. The fraction of sp³-hybridized carbons (Fsp3) is 0.250. The summed E-state index contributed by atoms with van der Waals surface area (Å²) in [5.41, 5.74) is 4.61. The molecule has 1 heterocycles. The number of aldehydes is 1. The lowest BCUT2D eigenvalue weighted by Crippen LogP contribution is -2.06. The first-order valence-electron chi connectivity index (χ1n) is 3.72. The Morgan fingerprint density at radius 1 is 1.64 bits per heavy atom. The van der Waals surface area contributed by atoms with E-state index >= 15 is 0 Å². The number of nitrogens with zero attached hydrogens (tertiary/aromatic N) is 1. The van der Waals surface area contributed by atoms with Crippen molar-refractivity contribution < 1.29 is 13.6 Å². The summed E-state index contributed by atoms with van der Waals surface area (Å²) < 4.78 is 24.7. The molecule has 1 rings (SSSR count). The van der Waals surface area contributed by atoms with Crippen molar-refractivity contribution in [2.75, 3.05) is 0 Å². The minimum Gasteiger partial charge on any atom is -0.325 e. The van der Waals surface area contributed by atoms with Crippen molar-refractivity contribution in [3.8, 4) is 0 Å². The molecule has 6 heteroatoms. The van der Waals surface area contributed by atoms with Gasteiger partial charge < -0.3 is 5.73 Å². The number of alkyl halides is 2. The van der Waals surface area contributed by atoms with Crippen LogP contribution in [0, 0.1) is 0 Å². The SMILES string of the molecule is NCc1nc(C(F)F)c(C=O)cc1Cl. The molecule has 0 saturated carbocycles. The summed E-state index contributed by atoms with van der Waals surface area (Å²) in [6.45, 7) is -0.0440. The summed E-state index contributed by atoms with van der Waals surface area (Å²) in [4.78, 5) is 13.9. The number of halogens is 3. The van der Waals surface area contributed by atoms with E-state index in [-0.39, 0.29) is 22.8 Å². The van der Waals surface area contributed by atoms with Crippen molar-refractivity contribution in [3.63, 3.8) is 0 Å². The molecule has 14 heavy (non-hydrogen) atoms. The predicted molar refractivity (Wildman–Crippen MR) is 47.5 cm³/mol. The van der Waals surface area contributed by atoms with Crippen LogP contribution in [0.4, 0.5) is 8.78 Å². The van der Waals surface area contributed by atoms with Crippen LogP contribution in [0.2, 0.25) is 5.02 Å². The second-order valence-corrected chi connectivity index (χ2v) is 2.92. The molecule has 0 aliphatic carbocycles. The van der Waals surface area contributed by atoms with Crippen molar-refractivity contribution >= 4 is 17.9 Å². The molecule has 76 valence electrons. The molecule has 3 nitrogen and oxygen atoms in total. The molecule has 2 N–H and O–H groups in total. The van der Waals surface area contributed by atoms with Crippen LogP contribution in [0.3, 0.4) is 0 Å². The van der Waals surface area contributed by atoms with Gasteiger partial charge in [0.05, 0.1) is 10.7 Å². The number of pyridine rings is 1. The van der Waals surface area contributed by atoms with E-state index in [4.69, 9.17) is 17.3 Å². The summed E-state index contributed by atoms with van der Waals surface area (Å²) in [6, 6.07) is 1.14. The summed E-state index contributed by atoms with van der Waals surface area (Å²) in [5.74, 6) is 0. The summed E-state index contributed by atoms with van der Waals surface area (Å²) in [5, 5.41) is 0.124. The third-order valence-electron chi connectivity index (χ3n) is 1.64. The maximum atomic E-state index is 12.4. The molecule has 0 aliphatic rings. The second-order valence-electron chi connectivity index (χ2n) is 2.51. The zero-order valence-corrected chi connectivity index (χ0v) is 7.76. The highest BCUT2D eigenvalue weighted by Crippen LogP contribution is 2.24. The molecule has 0 spiro atoms. The van der Waals surface area contributed by atoms with Crippen LogP contribution >= 0.6 is 11.6 Å². The van der Waals surface area contributed by atoms with Gasteiger partial charge in [0.25, 0.3) is 6.43 Å². The lowest BCUT2D eigenvalue weighted by molar-refractivity contribution is 0.110. The lowest BCUT2D eigenvalue weighted by Gasteiger charge is -2.06. The van der Waals surface area contributed by atoms with Gasteiger partial charge in [0, 0.05) is 12.1 Å². The highest BCUT2D eigenvalue weighted by Gasteiger charge is 2.17. The molecule has 0 aromatic carbocycles. The molecule has 0 saturated heterocycles. The standard InChI is InChI=1S/C8H7ClF2N2O/c9-5-1-4(3-14)7(8(10)11)13-6(5)2-12/h1,3,8H,2,12H2. The highest BCUT2D eigenvalue weighted by atomic mass is 35.5. The molecule has 0 aliphatic heterocycles. The van der Waals surface area contributed by atoms with Gasteiger partial charge in [-0.3, -0.25) is 4.79 Å². The average Bonchev–Trinajstić information content (AvgIpc) is 2.16. The van der Waals surface area contributed by atoms with Gasteiger partial charge >= 0.3 is 0 Å². The van der Waals surface area contributed by atoms with Crippen molar-refractivity contribution in [1.29, 1.82) is 0 Å². The summed E-state index contributed by atoms with van der Waals surface area (Å²) >= 11 is 5.64. The molecule has 1 aromatic rings. The van der Waals surface area contributed by atoms with Crippen LogP contribution < -0.4 is 5.73 Å². The summed E-state index contributed by atoms with van der Waals surface area (Å²) in [7, 11) is 0. The van der Waals surface area contributed by atoms with Crippen LogP contribution in [-0.4, -0.2) is 11.3 Å². The van der Waals surface area contributed by atoms with Gasteiger partial charge in [0.1, 0.15) is 5.69 Å². The van der Waals surface area contributed by atoms with Gasteiger partial charge in [-0.25, -0.2) is 13.8 Å². The van der Waals surface area contributed by atoms with E-state index in [1.54, 1.807) is 0 Å². The normalized spacial score (nSPS) is 10.6. The second kappa shape index (κ2) is 4.43. The van der Waals surface area contributed by atoms with Crippen LogP contribution in [-0.2, 0) is 6.54 Å². The number of carbonyl (C=O) groups excluding carboxylic acids is 1. The molecule has 0 amide bonds. The van der Waals surface area contributed by atoms with Crippen LogP contribution in [0.5, 0.6) is 0 Å². The number of aromatic nitrogens is 1. The van der Waals surface area contributed by atoms with E-state index in [0.717, 1.165) is 6.07 Å². The maximum absolute atomic E-state index is 12.4. The van der Waals surface area contributed by atoms with Crippen molar-refractivity contribution in [1.82, 2.24) is 4.98 Å². The van der Waals surface area contributed by atoms with Crippen LogP contribution in [0.15, 0.2) is 6.07 Å². The van der Waals surface area contributed by atoms with Gasteiger partial charge in [-0.1, -0.05) is 11.6 Å². The van der Waals surface area contributed by atoms with Crippen LogP contribution in [0.1, 0.15) is 28.2 Å². The predicted octanol–water partition coefficient (Wildman–Crippen LogP) is 1.94. The number of nitrogens with two attached hydrogens (primary N) is 1. The molecular weight excluding hydrogens is 214 g/mol. The number of hydrogen-bond acceptors (Lipinski definition) is 3. The molecule has 0 fully saturated rings. The lowest BCUT2D eigenvalue weighted by atomic mass is 10.2. The van der Waals surface area contributed by atoms with E-state index in [0.29, 0.717) is 6.29 Å². The minimum atomic E-state index is -2.81. The molecule has 0 bridgehead atoms. The van der Waals surface area contributed by atoms with Gasteiger partial charge in [-0.05, 0) is 6.07 Å². The Labute approximate surface area is 83.9 Å². The molecule has 0 atom stereocenters. The number of carbonyl (C=O) groups is 1.